The molecule has 2 nitrogen and oxygen atoms in total. The Labute approximate surface area is 143 Å². The number of halogens is 2. The molecule has 1 unspecified atom stereocenters. The monoisotopic (exact) mass is 332 g/mol. The van der Waals surface area contributed by atoms with Gasteiger partial charge >= 0.3 is 0 Å². The normalized spacial score (nSPS) is 16.5. The second kappa shape index (κ2) is 7.71. The Morgan fingerprint density at radius 3 is 2.65 bits per heavy atom. The summed E-state index contributed by atoms with van der Waals surface area (Å²) >= 11 is 0. The van der Waals surface area contributed by atoms with E-state index in [0.29, 0.717) is 0 Å². The van der Waals surface area contributed by atoms with Gasteiger partial charge in [-0.25, -0.2) is 4.39 Å². The summed E-state index contributed by atoms with van der Waals surface area (Å²) in [6.07, 6.45) is 1.98. The number of rotatable bonds is 4. The first kappa shape index (κ1) is 17.6. The Bertz CT molecular complexity index is 697. The van der Waals surface area contributed by atoms with Gasteiger partial charge in [0.1, 0.15) is 5.82 Å². The first-order valence-electron chi connectivity index (χ1n) is 7.70. The predicted molar refractivity (Wildman–Crippen MR) is 96.4 cm³/mol. The van der Waals surface area contributed by atoms with Crippen molar-refractivity contribution in [3.05, 3.63) is 71.0 Å². The first-order valence-corrected chi connectivity index (χ1v) is 7.70. The SMILES string of the molecule is CN(C)CCC1Cc2ccccc2C(c2cccc(F)c2)=N1.Cl. The molecular formula is C19H22ClFN2. The second-order valence-corrected chi connectivity index (χ2v) is 6.10. The Morgan fingerprint density at radius 2 is 1.91 bits per heavy atom. The van der Waals surface area contributed by atoms with Gasteiger partial charge in [-0.3, -0.25) is 4.99 Å². The van der Waals surface area contributed by atoms with Gasteiger partial charge in [-0.15, -0.1) is 12.4 Å². The second-order valence-electron chi connectivity index (χ2n) is 6.10. The van der Waals surface area contributed by atoms with E-state index in [1.54, 1.807) is 12.1 Å². The molecule has 0 aliphatic carbocycles. The van der Waals surface area contributed by atoms with Crippen molar-refractivity contribution in [3.63, 3.8) is 0 Å². The highest BCUT2D eigenvalue weighted by Crippen LogP contribution is 2.25. The van der Waals surface area contributed by atoms with Gasteiger partial charge in [0.15, 0.2) is 0 Å². The average molecular weight is 333 g/mol. The van der Waals surface area contributed by atoms with Crippen molar-refractivity contribution >= 4 is 18.1 Å². The fraction of sp³-hybridized carbons (Fsp3) is 0.316. The van der Waals surface area contributed by atoms with Crippen LogP contribution in [-0.4, -0.2) is 37.3 Å². The van der Waals surface area contributed by atoms with E-state index in [0.717, 1.165) is 36.2 Å². The topological polar surface area (TPSA) is 15.6 Å². The summed E-state index contributed by atoms with van der Waals surface area (Å²) in [7, 11) is 4.15. The van der Waals surface area contributed by atoms with Gasteiger partial charge in [-0.2, -0.15) is 0 Å². The highest BCUT2D eigenvalue weighted by Gasteiger charge is 2.21. The van der Waals surface area contributed by atoms with Crippen LogP contribution >= 0.6 is 12.4 Å². The van der Waals surface area contributed by atoms with Crippen LogP contribution < -0.4 is 0 Å². The van der Waals surface area contributed by atoms with Crippen LogP contribution in [0.2, 0.25) is 0 Å². The van der Waals surface area contributed by atoms with Crippen LogP contribution in [0.5, 0.6) is 0 Å². The lowest BCUT2D eigenvalue weighted by atomic mass is 9.89. The van der Waals surface area contributed by atoms with Crippen LogP contribution in [0.25, 0.3) is 0 Å². The minimum atomic E-state index is -0.215. The zero-order valence-electron chi connectivity index (χ0n) is 13.5. The Morgan fingerprint density at radius 1 is 1.13 bits per heavy atom. The van der Waals surface area contributed by atoms with Crippen molar-refractivity contribution in [2.45, 2.75) is 18.9 Å². The van der Waals surface area contributed by atoms with Crippen LogP contribution in [0.3, 0.4) is 0 Å². The summed E-state index contributed by atoms with van der Waals surface area (Å²) in [5.41, 5.74) is 4.22. The molecular weight excluding hydrogens is 311 g/mol. The maximum Gasteiger partial charge on any atom is 0.123 e. The standard InChI is InChI=1S/C19H21FN2.ClH/c1-22(2)11-10-17-13-14-6-3-4-9-18(14)19(21-17)15-7-5-8-16(20)12-15;/h3-9,12,17H,10-11,13H2,1-2H3;1H. The van der Waals surface area contributed by atoms with E-state index in [1.165, 1.54) is 11.6 Å². The van der Waals surface area contributed by atoms with Gasteiger partial charge in [-0.05, 0) is 51.2 Å². The smallest absolute Gasteiger partial charge is 0.123 e. The molecule has 3 rings (SSSR count). The molecule has 2 aromatic rings. The molecule has 122 valence electrons. The lowest BCUT2D eigenvalue weighted by Gasteiger charge is -2.24. The van der Waals surface area contributed by atoms with Gasteiger partial charge in [0.25, 0.3) is 0 Å². The van der Waals surface area contributed by atoms with Crippen molar-refractivity contribution in [1.82, 2.24) is 4.90 Å². The summed E-state index contributed by atoms with van der Waals surface area (Å²) in [5, 5.41) is 0. The maximum absolute atomic E-state index is 13.6. The molecule has 0 radical (unpaired) electrons. The summed E-state index contributed by atoms with van der Waals surface area (Å²) < 4.78 is 13.6. The number of hydrogen-bond donors (Lipinski definition) is 0. The Kier molecular flexibility index (Phi) is 5.91. The molecule has 23 heavy (non-hydrogen) atoms. The van der Waals surface area contributed by atoms with Crippen LogP contribution in [0, 0.1) is 5.82 Å². The zero-order chi connectivity index (χ0) is 15.5. The molecule has 0 aromatic heterocycles. The molecule has 4 heteroatoms. The van der Waals surface area contributed by atoms with Gasteiger partial charge in [0, 0.05) is 11.1 Å². The molecule has 0 saturated heterocycles. The third-order valence-corrected chi connectivity index (χ3v) is 4.05. The summed E-state index contributed by atoms with van der Waals surface area (Å²) in [4.78, 5) is 7.11. The molecule has 1 aliphatic heterocycles. The molecule has 0 bridgehead atoms. The fourth-order valence-electron chi connectivity index (χ4n) is 2.92. The number of aliphatic imine (C=N–C) groups is 1. The number of nitrogens with zero attached hydrogens (tertiary/aromatic N) is 2. The van der Waals surface area contributed by atoms with Crippen LogP contribution in [0.4, 0.5) is 4.39 Å². The Hall–Kier alpha value is -1.71. The van der Waals surface area contributed by atoms with Crippen molar-refractivity contribution in [1.29, 1.82) is 0 Å². The van der Waals surface area contributed by atoms with Gasteiger partial charge < -0.3 is 4.90 Å². The van der Waals surface area contributed by atoms with E-state index in [-0.39, 0.29) is 24.3 Å². The summed E-state index contributed by atoms with van der Waals surface area (Å²) in [5.74, 6) is -0.215. The minimum Gasteiger partial charge on any atom is -0.309 e. The van der Waals surface area contributed by atoms with Crippen molar-refractivity contribution < 1.29 is 4.39 Å². The van der Waals surface area contributed by atoms with E-state index in [1.807, 2.05) is 12.1 Å². The molecule has 0 amide bonds. The maximum atomic E-state index is 13.6. The van der Waals surface area contributed by atoms with E-state index in [2.05, 4.69) is 37.2 Å². The minimum absolute atomic E-state index is 0. The van der Waals surface area contributed by atoms with Crippen molar-refractivity contribution in [2.75, 3.05) is 20.6 Å². The third kappa shape index (κ3) is 4.18. The molecule has 0 saturated carbocycles. The number of fused-ring (bicyclic) bond motifs is 1. The Balaban J connectivity index is 0.00000192. The molecule has 0 fully saturated rings. The average Bonchev–Trinajstić information content (AvgIpc) is 2.52. The van der Waals surface area contributed by atoms with Crippen LogP contribution in [-0.2, 0) is 6.42 Å². The number of hydrogen-bond acceptors (Lipinski definition) is 2. The highest BCUT2D eigenvalue weighted by molar-refractivity contribution is 6.14. The summed E-state index contributed by atoms with van der Waals surface area (Å²) in [6.45, 7) is 1.01. The first-order chi connectivity index (χ1) is 10.6. The van der Waals surface area contributed by atoms with Gasteiger partial charge in [0.05, 0.1) is 11.8 Å². The molecule has 1 aliphatic rings. The molecule has 1 atom stereocenters. The highest BCUT2D eigenvalue weighted by atomic mass is 35.5. The molecule has 1 heterocycles. The van der Waals surface area contributed by atoms with Crippen molar-refractivity contribution in [2.24, 2.45) is 4.99 Å². The van der Waals surface area contributed by atoms with E-state index < -0.39 is 0 Å². The lowest BCUT2D eigenvalue weighted by molar-refractivity contribution is 0.379. The molecule has 0 N–H and O–H groups in total. The molecule has 2 aromatic carbocycles. The van der Waals surface area contributed by atoms with Crippen LogP contribution in [0.15, 0.2) is 53.5 Å². The quantitative estimate of drug-likeness (QED) is 0.827. The van der Waals surface area contributed by atoms with E-state index in [9.17, 15) is 4.39 Å². The van der Waals surface area contributed by atoms with E-state index >= 15 is 0 Å². The van der Waals surface area contributed by atoms with E-state index in [4.69, 9.17) is 4.99 Å². The fourth-order valence-corrected chi connectivity index (χ4v) is 2.92. The molecule has 0 spiro atoms. The summed E-state index contributed by atoms with van der Waals surface area (Å²) in [6, 6.07) is 15.3. The zero-order valence-corrected chi connectivity index (χ0v) is 14.3. The van der Waals surface area contributed by atoms with Crippen LogP contribution in [0.1, 0.15) is 23.1 Å². The van der Waals surface area contributed by atoms with Crippen molar-refractivity contribution in [3.8, 4) is 0 Å². The lowest BCUT2D eigenvalue weighted by Crippen LogP contribution is -2.25. The largest absolute Gasteiger partial charge is 0.309 e. The predicted octanol–water partition coefficient (Wildman–Crippen LogP) is 3.96. The van der Waals surface area contributed by atoms with Gasteiger partial charge in [-0.1, -0.05) is 36.4 Å². The van der Waals surface area contributed by atoms with Gasteiger partial charge in [0.2, 0.25) is 0 Å². The third-order valence-electron chi connectivity index (χ3n) is 4.05. The number of benzene rings is 2.